The molecule has 0 aliphatic heterocycles. The third kappa shape index (κ3) is 3.64. The highest BCUT2D eigenvalue weighted by atomic mass is 79.9. The molecule has 19 heavy (non-hydrogen) atoms. The van der Waals surface area contributed by atoms with E-state index in [2.05, 4.69) is 15.9 Å². The van der Waals surface area contributed by atoms with Gasteiger partial charge in [0.1, 0.15) is 5.82 Å². The van der Waals surface area contributed by atoms with Gasteiger partial charge in [0.25, 0.3) is 5.91 Å². The van der Waals surface area contributed by atoms with Gasteiger partial charge >= 0.3 is 0 Å². The number of likely N-dealkylation sites (N-methyl/N-ethyl adjacent to an activating group) is 1. The van der Waals surface area contributed by atoms with Crippen molar-refractivity contribution >= 4 is 33.2 Å². The van der Waals surface area contributed by atoms with E-state index in [-0.39, 0.29) is 11.5 Å². The zero-order valence-electron chi connectivity index (χ0n) is 10.4. The maximum Gasteiger partial charge on any atom is 0.256 e. The molecule has 0 aliphatic rings. The van der Waals surface area contributed by atoms with Crippen LogP contribution >= 0.6 is 27.3 Å². The standard InChI is InChI=1S/C14H13BrFNOS/c1-17(7-6-11-3-2-8-19-11)14(18)12-9-10(15)4-5-13(12)16/h2-5,8-9H,6-7H2,1H3. The van der Waals surface area contributed by atoms with E-state index in [4.69, 9.17) is 0 Å². The highest BCUT2D eigenvalue weighted by Gasteiger charge is 2.16. The molecule has 0 N–H and O–H groups in total. The van der Waals surface area contributed by atoms with Crippen LogP contribution in [0.25, 0.3) is 0 Å². The third-order valence-electron chi connectivity index (χ3n) is 2.78. The lowest BCUT2D eigenvalue weighted by Crippen LogP contribution is -2.29. The fourth-order valence-corrected chi connectivity index (χ4v) is 2.76. The summed E-state index contributed by atoms with van der Waals surface area (Å²) < 4.78 is 14.3. The minimum Gasteiger partial charge on any atom is -0.341 e. The number of rotatable bonds is 4. The Balaban J connectivity index is 2.04. The molecule has 2 rings (SSSR count). The number of benzene rings is 1. The number of carbonyl (C=O) groups is 1. The van der Waals surface area contributed by atoms with Crippen molar-refractivity contribution in [1.82, 2.24) is 4.90 Å². The number of carbonyl (C=O) groups excluding carboxylic acids is 1. The Bertz CT molecular complexity index is 571. The predicted octanol–water partition coefficient (Wildman–Crippen LogP) is 3.96. The van der Waals surface area contributed by atoms with Crippen molar-refractivity contribution in [3.05, 3.63) is 56.4 Å². The van der Waals surface area contributed by atoms with Crippen molar-refractivity contribution < 1.29 is 9.18 Å². The van der Waals surface area contributed by atoms with Crippen molar-refractivity contribution in [3.63, 3.8) is 0 Å². The first kappa shape index (κ1) is 14.2. The Hall–Kier alpha value is -1.20. The highest BCUT2D eigenvalue weighted by Crippen LogP contribution is 2.17. The number of thiophene rings is 1. The van der Waals surface area contributed by atoms with Crippen LogP contribution < -0.4 is 0 Å². The molecule has 0 aliphatic carbocycles. The van der Waals surface area contributed by atoms with Crippen LogP contribution in [0.3, 0.4) is 0 Å². The molecular weight excluding hydrogens is 329 g/mol. The van der Waals surface area contributed by atoms with Crippen LogP contribution in [-0.2, 0) is 6.42 Å². The summed E-state index contributed by atoms with van der Waals surface area (Å²) in [5, 5.41) is 2.01. The third-order valence-corrected chi connectivity index (χ3v) is 4.21. The van der Waals surface area contributed by atoms with E-state index in [0.717, 1.165) is 6.42 Å². The predicted molar refractivity (Wildman–Crippen MR) is 79.1 cm³/mol. The first-order valence-corrected chi connectivity index (χ1v) is 7.48. The number of nitrogens with zero attached hydrogens (tertiary/aromatic N) is 1. The van der Waals surface area contributed by atoms with Gasteiger partial charge in [-0.2, -0.15) is 0 Å². The Morgan fingerprint density at radius 1 is 1.42 bits per heavy atom. The molecule has 1 heterocycles. The molecule has 0 saturated heterocycles. The fraction of sp³-hybridized carbons (Fsp3) is 0.214. The van der Waals surface area contributed by atoms with Crippen molar-refractivity contribution in [2.24, 2.45) is 0 Å². The van der Waals surface area contributed by atoms with E-state index >= 15 is 0 Å². The summed E-state index contributed by atoms with van der Waals surface area (Å²) >= 11 is 4.91. The summed E-state index contributed by atoms with van der Waals surface area (Å²) in [6, 6.07) is 8.40. The largest absolute Gasteiger partial charge is 0.341 e. The molecule has 0 saturated carbocycles. The monoisotopic (exact) mass is 341 g/mol. The zero-order chi connectivity index (χ0) is 13.8. The van der Waals surface area contributed by atoms with Gasteiger partial charge in [0.15, 0.2) is 0 Å². The minimum atomic E-state index is -0.490. The summed E-state index contributed by atoms with van der Waals surface area (Å²) in [6.45, 7) is 0.575. The van der Waals surface area contributed by atoms with Crippen LogP contribution in [0.4, 0.5) is 4.39 Å². The van der Waals surface area contributed by atoms with E-state index in [1.807, 2.05) is 17.5 Å². The summed E-state index contributed by atoms with van der Waals surface area (Å²) in [5.74, 6) is -0.786. The van der Waals surface area contributed by atoms with E-state index < -0.39 is 5.82 Å². The normalized spacial score (nSPS) is 10.5. The van der Waals surface area contributed by atoms with Crippen LogP contribution in [0.2, 0.25) is 0 Å². The average molecular weight is 342 g/mol. The fourth-order valence-electron chi connectivity index (χ4n) is 1.70. The van der Waals surface area contributed by atoms with Gasteiger partial charge in [-0.15, -0.1) is 11.3 Å². The molecule has 100 valence electrons. The zero-order valence-corrected chi connectivity index (χ0v) is 12.8. The summed E-state index contributed by atoms with van der Waals surface area (Å²) in [4.78, 5) is 14.9. The molecule has 0 unspecified atom stereocenters. The van der Waals surface area contributed by atoms with Crippen LogP contribution in [0.1, 0.15) is 15.2 Å². The number of hydrogen-bond acceptors (Lipinski definition) is 2. The van der Waals surface area contributed by atoms with Gasteiger partial charge in [-0.25, -0.2) is 4.39 Å². The van der Waals surface area contributed by atoms with E-state index in [9.17, 15) is 9.18 Å². The molecule has 5 heteroatoms. The maximum atomic E-state index is 13.6. The molecule has 0 radical (unpaired) electrons. The molecule has 0 bridgehead atoms. The van der Waals surface area contributed by atoms with Gasteiger partial charge in [0.05, 0.1) is 5.56 Å². The lowest BCUT2D eigenvalue weighted by atomic mass is 10.2. The topological polar surface area (TPSA) is 20.3 Å². The lowest BCUT2D eigenvalue weighted by Gasteiger charge is -2.17. The molecule has 2 aromatic rings. The Morgan fingerprint density at radius 3 is 2.89 bits per heavy atom. The Morgan fingerprint density at radius 2 is 2.21 bits per heavy atom. The number of amides is 1. The lowest BCUT2D eigenvalue weighted by molar-refractivity contribution is 0.0792. The SMILES string of the molecule is CN(CCc1cccs1)C(=O)c1cc(Br)ccc1F. The maximum absolute atomic E-state index is 13.6. The van der Waals surface area contributed by atoms with Gasteiger partial charge in [0.2, 0.25) is 0 Å². The van der Waals surface area contributed by atoms with Gasteiger partial charge < -0.3 is 4.90 Å². The molecule has 1 amide bonds. The highest BCUT2D eigenvalue weighted by molar-refractivity contribution is 9.10. The van der Waals surface area contributed by atoms with Crippen molar-refractivity contribution in [2.75, 3.05) is 13.6 Å². The average Bonchev–Trinajstić information content (AvgIpc) is 2.91. The Kier molecular flexibility index (Phi) is 4.71. The minimum absolute atomic E-state index is 0.100. The molecule has 0 spiro atoms. The second-order valence-corrected chi connectivity index (χ2v) is 6.13. The molecule has 0 atom stereocenters. The van der Waals surface area contributed by atoms with Crippen molar-refractivity contribution in [2.45, 2.75) is 6.42 Å². The molecule has 0 fully saturated rings. The summed E-state index contributed by atoms with van der Waals surface area (Å²) in [5.41, 5.74) is 0.100. The first-order chi connectivity index (χ1) is 9.08. The van der Waals surface area contributed by atoms with Crippen LogP contribution in [0.5, 0.6) is 0 Å². The van der Waals surface area contributed by atoms with Gasteiger partial charge in [-0.1, -0.05) is 22.0 Å². The van der Waals surface area contributed by atoms with Gasteiger partial charge in [0, 0.05) is 22.9 Å². The molecular formula is C14H13BrFNOS. The second kappa shape index (κ2) is 6.30. The second-order valence-electron chi connectivity index (χ2n) is 4.18. The van der Waals surface area contributed by atoms with E-state index in [0.29, 0.717) is 11.0 Å². The van der Waals surface area contributed by atoms with E-state index in [1.54, 1.807) is 29.4 Å². The van der Waals surface area contributed by atoms with Crippen LogP contribution in [0, 0.1) is 5.82 Å². The van der Waals surface area contributed by atoms with Crippen LogP contribution in [-0.4, -0.2) is 24.4 Å². The first-order valence-electron chi connectivity index (χ1n) is 5.81. The summed E-state index contributed by atoms with van der Waals surface area (Å²) in [6.07, 6.45) is 0.787. The van der Waals surface area contributed by atoms with Gasteiger partial charge in [-0.3, -0.25) is 4.79 Å². The molecule has 1 aromatic heterocycles. The summed E-state index contributed by atoms with van der Waals surface area (Å²) in [7, 11) is 1.69. The number of hydrogen-bond donors (Lipinski definition) is 0. The van der Waals surface area contributed by atoms with Crippen molar-refractivity contribution in [1.29, 1.82) is 0 Å². The quantitative estimate of drug-likeness (QED) is 0.824. The Labute approximate surface area is 124 Å². The van der Waals surface area contributed by atoms with Crippen molar-refractivity contribution in [3.8, 4) is 0 Å². The van der Waals surface area contributed by atoms with E-state index in [1.165, 1.54) is 17.0 Å². The smallest absolute Gasteiger partial charge is 0.256 e. The van der Waals surface area contributed by atoms with Crippen LogP contribution in [0.15, 0.2) is 40.2 Å². The number of halogens is 2. The molecule has 2 nitrogen and oxygen atoms in total. The molecule has 1 aromatic carbocycles. The van der Waals surface area contributed by atoms with Gasteiger partial charge in [-0.05, 0) is 36.1 Å².